The van der Waals surface area contributed by atoms with E-state index in [9.17, 15) is 4.79 Å². The highest BCUT2D eigenvalue weighted by Gasteiger charge is 2.28. The van der Waals surface area contributed by atoms with Crippen molar-refractivity contribution in [2.75, 3.05) is 41.8 Å². The van der Waals surface area contributed by atoms with E-state index in [1.165, 1.54) is 0 Å². The van der Waals surface area contributed by atoms with Crippen LogP contribution in [0.15, 0.2) is 80.8 Å². The molecule has 35 heavy (non-hydrogen) atoms. The Balaban J connectivity index is 1.30. The lowest BCUT2D eigenvalue weighted by atomic mass is 10.0. The Morgan fingerprint density at radius 1 is 0.971 bits per heavy atom. The second-order valence-corrected chi connectivity index (χ2v) is 8.07. The van der Waals surface area contributed by atoms with Gasteiger partial charge < -0.3 is 29.1 Å². The molecule has 176 valence electrons. The van der Waals surface area contributed by atoms with Crippen LogP contribution in [0.5, 0.6) is 0 Å². The summed E-state index contributed by atoms with van der Waals surface area (Å²) >= 11 is 0. The molecule has 1 saturated heterocycles. The summed E-state index contributed by atoms with van der Waals surface area (Å²) in [6.07, 6.45) is 0.602. The summed E-state index contributed by atoms with van der Waals surface area (Å²) in [7, 11) is 0. The van der Waals surface area contributed by atoms with Gasteiger partial charge >= 0.3 is 6.01 Å². The van der Waals surface area contributed by atoms with Gasteiger partial charge in [0.1, 0.15) is 0 Å². The van der Waals surface area contributed by atoms with Crippen molar-refractivity contribution in [3.8, 4) is 11.7 Å². The van der Waals surface area contributed by atoms with Crippen molar-refractivity contribution < 1.29 is 18.4 Å². The van der Waals surface area contributed by atoms with Crippen LogP contribution in [0.3, 0.4) is 0 Å². The average Bonchev–Trinajstić information content (AvgIpc) is 3.55. The molecule has 0 aliphatic carbocycles. The lowest BCUT2D eigenvalue weighted by Crippen LogP contribution is -2.36. The number of furan rings is 1. The van der Waals surface area contributed by atoms with Gasteiger partial charge in [0.05, 0.1) is 36.6 Å². The van der Waals surface area contributed by atoms with Crippen molar-refractivity contribution in [3.63, 3.8) is 0 Å². The minimum absolute atomic E-state index is 0.0617. The fourth-order valence-corrected chi connectivity index (χ4v) is 4.19. The number of carbonyl (C=O) groups excluding carboxylic acids is 1. The predicted octanol–water partition coefficient (Wildman–Crippen LogP) is 3.39. The van der Waals surface area contributed by atoms with Gasteiger partial charge in [-0.05, 0) is 6.07 Å². The summed E-state index contributed by atoms with van der Waals surface area (Å²) in [6, 6.07) is 19.2. The molecule has 1 atom stereocenters. The van der Waals surface area contributed by atoms with E-state index in [0.29, 0.717) is 30.4 Å². The molecule has 4 aromatic rings. The van der Waals surface area contributed by atoms with Crippen molar-refractivity contribution in [2.45, 2.75) is 6.17 Å². The fraction of sp³-hybridized carbons (Fsp3) is 0.200. The fourth-order valence-electron chi connectivity index (χ4n) is 4.19. The van der Waals surface area contributed by atoms with Crippen LogP contribution < -0.4 is 15.5 Å². The number of aliphatic imine (C=N–C) groups is 1. The number of hydrogen-bond acceptors (Lipinski definition) is 9. The minimum Gasteiger partial charge on any atom is -0.457 e. The van der Waals surface area contributed by atoms with Crippen LogP contribution in [-0.4, -0.2) is 54.3 Å². The van der Waals surface area contributed by atoms with Crippen LogP contribution in [-0.2, 0) is 9.53 Å². The van der Waals surface area contributed by atoms with Crippen LogP contribution in [0.2, 0.25) is 0 Å². The predicted molar refractivity (Wildman–Crippen MR) is 130 cm³/mol. The molecular weight excluding hydrogens is 448 g/mol. The summed E-state index contributed by atoms with van der Waals surface area (Å²) in [5.41, 5.74) is 3.93. The normalized spacial score (nSPS) is 17.8. The number of para-hydroxylation sites is 1. The standard InChI is InChI=1S/C25H22N6O4/c32-23-22(27-20(16-6-2-1-3-7-16)17-8-4-5-9-18(17)26-23)28-25-30-29-24(35-25)21-19(10-13-34-21)31-11-14-33-15-12-31/h1-10,13,22H,11-12,14-15H2,(H,26,32)(H,28,30)/t22-/m1/s1. The summed E-state index contributed by atoms with van der Waals surface area (Å²) in [5.74, 6) is 0.345. The molecule has 6 rings (SSSR count). The van der Waals surface area contributed by atoms with E-state index in [1.807, 2.05) is 60.7 Å². The van der Waals surface area contributed by atoms with Gasteiger partial charge in [0.2, 0.25) is 11.9 Å². The molecule has 2 aliphatic rings. The van der Waals surface area contributed by atoms with Gasteiger partial charge in [-0.1, -0.05) is 53.6 Å². The lowest BCUT2D eigenvalue weighted by molar-refractivity contribution is -0.116. The zero-order chi connectivity index (χ0) is 23.6. The summed E-state index contributed by atoms with van der Waals surface area (Å²) in [6.45, 7) is 2.77. The van der Waals surface area contributed by atoms with Crippen LogP contribution in [0.25, 0.3) is 11.7 Å². The van der Waals surface area contributed by atoms with Gasteiger partial charge in [0.25, 0.3) is 11.8 Å². The Morgan fingerprint density at radius 2 is 1.77 bits per heavy atom. The number of benzodiazepines with no additional fused rings is 1. The topological polar surface area (TPSA) is 118 Å². The van der Waals surface area contributed by atoms with Crippen molar-refractivity contribution >= 4 is 29.0 Å². The third-order valence-corrected chi connectivity index (χ3v) is 5.87. The van der Waals surface area contributed by atoms with E-state index in [-0.39, 0.29) is 17.8 Å². The highest BCUT2D eigenvalue weighted by atomic mass is 16.5. The van der Waals surface area contributed by atoms with Crippen molar-refractivity contribution in [1.82, 2.24) is 10.2 Å². The maximum Gasteiger partial charge on any atom is 0.317 e. The number of anilines is 3. The zero-order valence-electron chi connectivity index (χ0n) is 18.7. The first-order valence-corrected chi connectivity index (χ1v) is 11.3. The number of rotatable bonds is 5. The molecule has 10 heteroatoms. The van der Waals surface area contributed by atoms with Crippen molar-refractivity contribution in [2.24, 2.45) is 4.99 Å². The van der Waals surface area contributed by atoms with E-state index in [0.717, 1.165) is 29.9 Å². The second kappa shape index (κ2) is 9.07. The monoisotopic (exact) mass is 470 g/mol. The second-order valence-electron chi connectivity index (χ2n) is 8.07. The largest absolute Gasteiger partial charge is 0.457 e. The Kier molecular flexibility index (Phi) is 5.47. The van der Waals surface area contributed by atoms with Crippen LogP contribution in [0.1, 0.15) is 11.1 Å². The molecule has 1 fully saturated rings. The first-order chi connectivity index (χ1) is 17.3. The van der Waals surface area contributed by atoms with Gasteiger partial charge in [0, 0.05) is 30.3 Å². The van der Waals surface area contributed by atoms with Gasteiger partial charge in [-0.3, -0.25) is 4.79 Å². The van der Waals surface area contributed by atoms with E-state index in [4.69, 9.17) is 18.6 Å². The molecule has 0 bridgehead atoms. The molecule has 0 unspecified atom stereocenters. The quantitative estimate of drug-likeness (QED) is 0.456. The summed E-state index contributed by atoms with van der Waals surface area (Å²) in [5, 5.41) is 14.1. The Morgan fingerprint density at radius 3 is 2.63 bits per heavy atom. The van der Waals surface area contributed by atoms with Crippen molar-refractivity contribution in [3.05, 3.63) is 78.1 Å². The van der Waals surface area contributed by atoms with Gasteiger partial charge in [-0.25, -0.2) is 4.99 Å². The third kappa shape index (κ3) is 4.15. The molecule has 2 aromatic carbocycles. The number of morpholine rings is 1. The lowest BCUT2D eigenvalue weighted by Gasteiger charge is -2.27. The maximum atomic E-state index is 13.0. The minimum atomic E-state index is -0.985. The number of nitrogens with one attached hydrogen (secondary N) is 2. The number of fused-ring (bicyclic) bond motifs is 1. The number of aromatic nitrogens is 2. The third-order valence-electron chi connectivity index (χ3n) is 5.87. The smallest absolute Gasteiger partial charge is 0.317 e. The molecule has 0 spiro atoms. The van der Waals surface area contributed by atoms with E-state index < -0.39 is 6.17 Å². The zero-order valence-corrected chi connectivity index (χ0v) is 18.7. The Hall–Kier alpha value is -4.44. The van der Waals surface area contributed by atoms with Crippen LogP contribution >= 0.6 is 0 Å². The number of hydrogen-bond donors (Lipinski definition) is 2. The molecule has 2 aliphatic heterocycles. The molecule has 0 saturated carbocycles. The Bertz CT molecular complexity index is 1370. The van der Waals surface area contributed by atoms with Gasteiger partial charge in [-0.15, -0.1) is 5.10 Å². The molecule has 2 N–H and O–H groups in total. The number of amides is 1. The molecule has 2 aromatic heterocycles. The van der Waals surface area contributed by atoms with Gasteiger partial charge in [0.15, 0.2) is 0 Å². The van der Waals surface area contributed by atoms with E-state index in [1.54, 1.807) is 6.26 Å². The Labute approximate surface area is 200 Å². The SMILES string of the molecule is O=C1Nc2ccccc2C(c2ccccc2)=N[C@@H]1Nc1nnc(-c2occc2N2CCOCC2)o1. The molecule has 4 heterocycles. The number of benzene rings is 2. The maximum absolute atomic E-state index is 13.0. The summed E-state index contributed by atoms with van der Waals surface area (Å²) in [4.78, 5) is 19.9. The number of nitrogens with zero attached hydrogens (tertiary/aromatic N) is 4. The first kappa shape index (κ1) is 21.1. The van der Waals surface area contributed by atoms with Crippen molar-refractivity contribution in [1.29, 1.82) is 0 Å². The van der Waals surface area contributed by atoms with Gasteiger partial charge in [-0.2, -0.15) is 0 Å². The average molecular weight is 470 g/mol. The molecule has 1 amide bonds. The first-order valence-electron chi connectivity index (χ1n) is 11.3. The molecular formula is C25H22N6O4. The van der Waals surface area contributed by atoms with E-state index in [2.05, 4.69) is 25.7 Å². The highest BCUT2D eigenvalue weighted by Crippen LogP contribution is 2.33. The molecule has 10 nitrogen and oxygen atoms in total. The van der Waals surface area contributed by atoms with Crippen LogP contribution in [0, 0.1) is 0 Å². The molecule has 0 radical (unpaired) electrons. The highest BCUT2D eigenvalue weighted by molar-refractivity contribution is 6.19. The summed E-state index contributed by atoms with van der Waals surface area (Å²) < 4.78 is 16.9. The number of carbonyl (C=O) groups is 1. The number of ether oxygens (including phenoxy) is 1. The van der Waals surface area contributed by atoms with E-state index >= 15 is 0 Å². The van der Waals surface area contributed by atoms with Crippen LogP contribution in [0.4, 0.5) is 17.4 Å².